The van der Waals surface area contributed by atoms with Crippen LogP contribution in [0.2, 0.25) is 0 Å². The number of amides is 9. The number of carboxylic acids is 1. The quantitative estimate of drug-likeness (QED) is 0.0159. The van der Waals surface area contributed by atoms with Gasteiger partial charge < -0.3 is 80.8 Å². The third kappa shape index (κ3) is 19.6. The van der Waals surface area contributed by atoms with Gasteiger partial charge in [-0.2, -0.15) is 12.6 Å². The van der Waals surface area contributed by atoms with E-state index >= 15 is 0 Å². The number of nitrogens with one attached hydrogen (secondary N) is 6. The highest BCUT2D eigenvalue weighted by Crippen LogP contribution is 2.19. The number of guanidine groups is 1. The van der Waals surface area contributed by atoms with Gasteiger partial charge in [-0.1, -0.05) is 24.3 Å². The van der Waals surface area contributed by atoms with Crippen molar-refractivity contribution in [3.8, 4) is 11.5 Å². The monoisotopic (exact) mass is 1030 g/mol. The van der Waals surface area contributed by atoms with Crippen LogP contribution in [-0.2, 0) is 60.8 Å². The van der Waals surface area contributed by atoms with Crippen molar-refractivity contribution in [2.75, 3.05) is 18.8 Å². The van der Waals surface area contributed by atoms with E-state index in [1.807, 2.05) is 0 Å². The highest BCUT2D eigenvalue weighted by molar-refractivity contribution is 7.80. The van der Waals surface area contributed by atoms with Gasteiger partial charge in [0, 0.05) is 44.5 Å². The molecule has 0 unspecified atom stereocenters. The molecule has 0 radical (unpaired) electrons. The summed E-state index contributed by atoms with van der Waals surface area (Å²) in [6.07, 6.45) is -1.28. The number of aromatic hydroxyl groups is 2. The number of carbonyl (C=O) groups excluding carboxylic acids is 9. The molecule has 0 bridgehead atoms. The second-order valence-electron chi connectivity index (χ2n) is 17.1. The van der Waals surface area contributed by atoms with Gasteiger partial charge in [0.15, 0.2) is 5.96 Å². The Labute approximate surface area is 419 Å². The van der Waals surface area contributed by atoms with E-state index in [0.29, 0.717) is 17.5 Å². The molecule has 2 aromatic carbocycles. The van der Waals surface area contributed by atoms with E-state index in [1.165, 1.54) is 60.4 Å². The lowest BCUT2D eigenvalue weighted by Gasteiger charge is -2.28. The van der Waals surface area contributed by atoms with Crippen molar-refractivity contribution in [1.29, 1.82) is 0 Å². The molecule has 0 aliphatic carbocycles. The van der Waals surface area contributed by atoms with Gasteiger partial charge >= 0.3 is 5.97 Å². The standard InChI is InChI=1S/C45H65N13O13S/c1-23(46)43(69)58-19-3-5-34(58)42(68)53-29(14-16-35(47)61)38(64)52-28(4-2-18-51-45(49)50)37(63)57-33(22-72)41(67)56-32(21-25-8-12-27(60)13-9-25)40(66)55-31(20-24-6-10-26(59)11-7-24)39(65)54-30(44(70)71)15-17-36(48)62/h6-13,23,28-34,59-60,72H,2-5,14-22,46H2,1H3,(H2,47,61)(H2,48,62)(H,52,64)(H,53,68)(H,54,65)(H,55,66)(H,56,67)(H,57,63)(H,70,71)(H4,49,50,51)/t23-,28-,29-,30-,31-,32-,33-,34-/m0/s1. The van der Waals surface area contributed by atoms with Crippen molar-refractivity contribution < 1.29 is 63.3 Å². The van der Waals surface area contributed by atoms with Crippen LogP contribution in [0.5, 0.6) is 11.5 Å². The first-order chi connectivity index (χ1) is 34.0. The van der Waals surface area contributed by atoms with Gasteiger partial charge in [-0.25, -0.2) is 4.79 Å². The van der Waals surface area contributed by atoms with Gasteiger partial charge in [-0.3, -0.25) is 48.1 Å². The van der Waals surface area contributed by atoms with Crippen molar-refractivity contribution in [3.05, 3.63) is 59.7 Å². The fourth-order valence-corrected chi connectivity index (χ4v) is 7.67. The lowest BCUT2D eigenvalue weighted by atomic mass is 10.0. The number of likely N-dealkylation sites (tertiary alicyclic amines) is 1. The van der Waals surface area contributed by atoms with Crippen LogP contribution < -0.4 is 60.6 Å². The topological polar surface area (TPSA) is 449 Å². The Hall–Kier alpha value is -7.68. The molecule has 0 spiro atoms. The Bertz CT molecular complexity index is 2280. The molecule has 1 aliphatic heterocycles. The largest absolute Gasteiger partial charge is 0.508 e. The molecule has 0 saturated carbocycles. The van der Waals surface area contributed by atoms with Crippen LogP contribution in [0.15, 0.2) is 53.5 Å². The van der Waals surface area contributed by atoms with Crippen molar-refractivity contribution in [2.24, 2.45) is 33.7 Å². The minimum absolute atomic E-state index is 0.00440. The van der Waals surface area contributed by atoms with E-state index in [4.69, 9.17) is 28.7 Å². The van der Waals surface area contributed by atoms with Crippen molar-refractivity contribution in [3.63, 3.8) is 0 Å². The second kappa shape index (κ2) is 28.9. The summed E-state index contributed by atoms with van der Waals surface area (Å²) in [5.74, 6) is -10.0. The fourth-order valence-electron chi connectivity index (χ4n) is 7.41. The molecule has 72 heavy (non-hydrogen) atoms. The first-order valence-corrected chi connectivity index (χ1v) is 23.5. The Kier molecular flexibility index (Phi) is 23.5. The maximum Gasteiger partial charge on any atom is 0.326 e. The molecule has 9 amide bonds. The van der Waals surface area contributed by atoms with E-state index in [9.17, 15) is 63.3 Å². The third-order valence-corrected chi connectivity index (χ3v) is 11.6. The van der Waals surface area contributed by atoms with E-state index in [2.05, 4.69) is 49.5 Å². The van der Waals surface area contributed by atoms with Gasteiger partial charge in [0.2, 0.25) is 53.2 Å². The third-order valence-electron chi connectivity index (χ3n) is 11.2. The smallest absolute Gasteiger partial charge is 0.326 e. The number of hydrogen-bond acceptors (Lipinski definition) is 15. The molecule has 1 aliphatic rings. The normalized spacial score (nSPS) is 15.9. The molecule has 1 heterocycles. The molecule has 1 saturated heterocycles. The molecule has 8 atom stereocenters. The second-order valence-corrected chi connectivity index (χ2v) is 17.4. The zero-order valence-electron chi connectivity index (χ0n) is 39.6. The van der Waals surface area contributed by atoms with Crippen LogP contribution in [0.3, 0.4) is 0 Å². The van der Waals surface area contributed by atoms with Crippen molar-refractivity contribution in [2.45, 2.75) is 119 Å². The molecular formula is C45H65N13O13S. The van der Waals surface area contributed by atoms with Crippen LogP contribution in [0.1, 0.15) is 69.4 Å². The number of aliphatic imine (C=N–C) groups is 1. The predicted molar refractivity (Wildman–Crippen MR) is 262 cm³/mol. The Balaban J connectivity index is 1.93. The molecular weight excluding hydrogens is 963 g/mol. The highest BCUT2D eigenvalue weighted by Gasteiger charge is 2.38. The number of phenolic OH excluding ortho intramolecular Hbond substituents is 2. The average Bonchev–Trinajstić information content (AvgIpc) is 3.82. The summed E-state index contributed by atoms with van der Waals surface area (Å²) in [5.41, 5.74) is 28.1. The molecule has 27 heteroatoms. The number of carbonyl (C=O) groups is 10. The van der Waals surface area contributed by atoms with Crippen LogP contribution in [0, 0.1) is 0 Å². The summed E-state index contributed by atoms with van der Waals surface area (Å²) < 4.78 is 0. The van der Waals surface area contributed by atoms with Crippen LogP contribution in [0.25, 0.3) is 0 Å². The lowest BCUT2D eigenvalue weighted by Crippen LogP contribution is -2.60. The van der Waals surface area contributed by atoms with Gasteiger partial charge in [-0.15, -0.1) is 0 Å². The van der Waals surface area contributed by atoms with Crippen LogP contribution in [0.4, 0.5) is 0 Å². The van der Waals surface area contributed by atoms with E-state index in [0.717, 1.165) is 0 Å². The summed E-state index contributed by atoms with van der Waals surface area (Å²) in [7, 11) is 0. The summed E-state index contributed by atoms with van der Waals surface area (Å²) in [6, 6.07) is 0.109. The Morgan fingerprint density at radius 1 is 0.639 bits per heavy atom. The number of aliphatic carboxylic acids is 1. The highest BCUT2D eigenvalue weighted by atomic mass is 32.1. The number of nitrogens with zero attached hydrogens (tertiary/aromatic N) is 2. The minimum atomic E-state index is -1.60. The number of rotatable bonds is 29. The summed E-state index contributed by atoms with van der Waals surface area (Å²) in [5, 5.41) is 44.6. The van der Waals surface area contributed by atoms with Crippen molar-refractivity contribution in [1.82, 2.24) is 36.8 Å². The molecule has 3 rings (SSSR count). The molecule has 394 valence electrons. The van der Waals surface area contributed by atoms with Crippen LogP contribution in [-0.4, -0.2) is 152 Å². The maximum absolute atomic E-state index is 14.3. The summed E-state index contributed by atoms with van der Waals surface area (Å²) >= 11 is 4.27. The summed E-state index contributed by atoms with van der Waals surface area (Å²) in [6.45, 7) is 1.70. The van der Waals surface area contributed by atoms with E-state index in [-0.39, 0.29) is 87.7 Å². The molecule has 0 aromatic heterocycles. The Morgan fingerprint density at radius 3 is 1.50 bits per heavy atom. The van der Waals surface area contributed by atoms with Gasteiger partial charge in [0.05, 0.1) is 6.04 Å². The number of phenols is 2. The SMILES string of the molecule is C[C@H](N)C(=O)N1CCC[C@H]1C(=O)N[C@@H](CCC(N)=O)C(=O)N[C@@H](CCCN=C(N)N)C(=O)N[C@@H](CS)C(=O)N[C@@H](Cc1ccc(O)cc1)C(=O)N[C@@H](Cc1ccc(O)cc1)C(=O)N[C@@H](CCC(N)=O)C(=O)O. The molecule has 19 N–H and O–H groups in total. The van der Waals surface area contributed by atoms with Crippen molar-refractivity contribution >= 4 is 77.7 Å². The molecule has 26 nitrogen and oxygen atoms in total. The van der Waals surface area contributed by atoms with Gasteiger partial charge in [0.25, 0.3) is 0 Å². The van der Waals surface area contributed by atoms with E-state index in [1.54, 1.807) is 0 Å². The first kappa shape index (κ1) is 58.6. The number of hydrogen-bond donors (Lipinski definition) is 15. The van der Waals surface area contributed by atoms with E-state index < -0.39 is 114 Å². The fraction of sp³-hybridized carbons (Fsp3) is 0.489. The van der Waals surface area contributed by atoms with Crippen LogP contribution >= 0.6 is 12.6 Å². The zero-order chi connectivity index (χ0) is 53.7. The summed E-state index contributed by atoms with van der Waals surface area (Å²) in [4.78, 5) is 137. The van der Waals surface area contributed by atoms with Gasteiger partial charge in [0.1, 0.15) is 53.8 Å². The average molecular weight is 1030 g/mol. The minimum Gasteiger partial charge on any atom is -0.508 e. The number of thiol groups is 1. The number of nitrogens with two attached hydrogens (primary N) is 5. The predicted octanol–water partition coefficient (Wildman–Crippen LogP) is -4.27. The van der Waals surface area contributed by atoms with Gasteiger partial charge in [-0.05, 0) is 80.8 Å². The Morgan fingerprint density at radius 2 is 1.06 bits per heavy atom. The molecule has 2 aromatic rings. The number of primary amides is 2. The number of benzene rings is 2. The first-order valence-electron chi connectivity index (χ1n) is 22.9. The zero-order valence-corrected chi connectivity index (χ0v) is 40.5. The molecule has 1 fully saturated rings. The lowest BCUT2D eigenvalue weighted by molar-refractivity contribution is -0.142. The number of carboxylic acid groups (broad SMARTS) is 1. The maximum atomic E-state index is 14.3.